The molecular weight excluding hydrogens is 489 g/mol. The van der Waals surface area contributed by atoms with Gasteiger partial charge < -0.3 is 20.5 Å². The van der Waals surface area contributed by atoms with Crippen LogP contribution in [0.1, 0.15) is 65.2 Å². The number of carbonyl (C=O) groups is 3. The Morgan fingerprint density at radius 1 is 1.20 bits per heavy atom. The number of benzene rings is 2. The molecule has 0 bridgehead atoms. The Morgan fingerprint density at radius 2 is 2.00 bits per heavy atom. The number of carbonyl (C=O) groups excluding carboxylic acids is 3. The molecule has 8 nitrogen and oxygen atoms in total. The van der Waals surface area contributed by atoms with Gasteiger partial charge in [-0.3, -0.25) is 14.4 Å². The van der Waals surface area contributed by atoms with Gasteiger partial charge in [-0.15, -0.1) is 0 Å². The molecule has 3 aromatic rings. The highest BCUT2D eigenvalue weighted by Gasteiger charge is 2.30. The van der Waals surface area contributed by atoms with Crippen molar-refractivity contribution in [3.05, 3.63) is 63.4 Å². The van der Waals surface area contributed by atoms with Crippen molar-refractivity contribution < 1.29 is 14.4 Å². The smallest absolute Gasteiger partial charge is 0.255 e. The number of rotatable bonds is 7. The molecule has 2 heterocycles. The molecule has 184 valence electrons. The summed E-state index contributed by atoms with van der Waals surface area (Å²) in [7, 11) is 1.60. The molecule has 0 aliphatic carbocycles. The standard InChI is InChI=1S/C25H27Cl2N5O3/c1-14(23-30-20-9-6-16(26)13-21(20)31-23)29-24(34)15-5-8-18(19(27)12-15)25(35)32-11-3-4-17(32)7-10-22(33)28-2/h5-6,8-9,12-14,17H,3-4,7,10-11H2,1-2H3,(H,28,33)(H,29,34)(H,30,31)/t14-,17+/m0/s1. The molecule has 1 saturated heterocycles. The fourth-order valence-corrected chi connectivity index (χ4v) is 4.79. The fraction of sp³-hybridized carbons (Fsp3) is 0.360. The van der Waals surface area contributed by atoms with E-state index in [1.807, 2.05) is 13.0 Å². The van der Waals surface area contributed by atoms with Gasteiger partial charge in [-0.1, -0.05) is 23.2 Å². The van der Waals surface area contributed by atoms with Crippen molar-refractivity contribution in [1.82, 2.24) is 25.5 Å². The molecule has 10 heteroatoms. The minimum atomic E-state index is -0.389. The van der Waals surface area contributed by atoms with Gasteiger partial charge in [0.25, 0.3) is 11.8 Å². The average molecular weight is 516 g/mol. The first kappa shape index (κ1) is 25.0. The number of nitrogens with zero attached hydrogens (tertiary/aromatic N) is 2. The number of amides is 3. The highest BCUT2D eigenvalue weighted by Crippen LogP contribution is 2.27. The Bertz CT molecular complexity index is 1280. The summed E-state index contributed by atoms with van der Waals surface area (Å²) in [5.41, 5.74) is 2.23. The summed E-state index contributed by atoms with van der Waals surface area (Å²) in [5, 5.41) is 6.31. The zero-order valence-corrected chi connectivity index (χ0v) is 21.0. The number of aromatic amines is 1. The van der Waals surface area contributed by atoms with Gasteiger partial charge in [0.1, 0.15) is 5.82 Å². The van der Waals surface area contributed by atoms with E-state index in [1.54, 1.807) is 36.2 Å². The maximum atomic E-state index is 13.2. The molecule has 1 aromatic heterocycles. The van der Waals surface area contributed by atoms with E-state index in [2.05, 4.69) is 20.6 Å². The molecule has 35 heavy (non-hydrogen) atoms. The topological polar surface area (TPSA) is 107 Å². The lowest BCUT2D eigenvalue weighted by Crippen LogP contribution is -2.36. The second kappa shape index (κ2) is 10.7. The predicted molar refractivity (Wildman–Crippen MR) is 136 cm³/mol. The summed E-state index contributed by atoms with van der Waals surface area (Å²) in [6.07, 6.45) is 2.71. The van der Waals surface area contributed by atoms with E-state index in [-0.39, 0.29) is 34.8 Å². The summed E-state index contributed by atoms with van der Waals surface area (Å²) in [5.74, 6) is 0.0425. The maximum Gasteiger partial charge on any atom is 0.255 e. The van der Waals surface area contributed by atoms with Crippen LogP contribution < -0.4 is 10.6 Å². The quantitative estimate of drug-likeness (QED) is 0.430. The molecule has 1 aliphatic rings. The molecular formula is C25H27Cl2N5O3. The molecule has 3 N–H and O–H groups in total. The molecule has 2 atom stereocenters. The molecule has 0 saturated carbocycles. The number of H-pyrrole nitrogens is 1. The molecule has 2 aromatic carbocycles. The molecule has 0 unspecified atom stereocenters. The van der Waals surface area contributed by atoms with Crippen molar-refractivity contribution in [2.75, 3.05) is 13.6 Å². The molecule has 1 fully saturated rings. The third-order valence-corrected chi connectivity index (χ3v) is 6.85. The number of imidazole rings is 1. The fourth-order valence-electron chi connectivity index (χ4n) is 4.36. The van der Waals surface area contributed by atoms with Crippen LogP contribution in [0.25, 0.3) is 11.0 Å². The van der Waals surface area contributed by atoms with Gasteiger partial charge in [0.2, 0.25) is 5.91 Å². The van der Waals surface area contributed by atoms with Crippen molar-refractivity contribution in [2.24, 2.45) is 0 Å². The van der Waals surface area contributed by atoms with E-state index in [4.69, 9.17) is 23.2 Å². The summed E-state index contributed by atoms with van der Waals surface area (Å²) in [6.45, 7) is 2.44. The molecule has 0 radical (unpaired) electrons. The van der Waals surface area contributed by atoms with Crippen molar-refractivity contribution in [2.45, 2.75) is 44.7 Å². The first-order chi connectivity index (χ1) is 16.8. The lowest BCUT2D eigenvalue weighted by Gasteiger charge is -2.25. The van der Waals surface area contributed by atoms with Gasteiger partial charge in [-0.25, -0.2) is 4.98 Å². The predicted octanol–water partition coefficient (Wildman–Crippen LogP) is 4.49. The van der Waals surface area contributed by atoms with Crippen molar-refractivity contribution in [1.29, 1.82) is 0 Å². The van der Waals surface area contributed by atoms with Gasteiger partial charge in [0, 0.05) is 36.6 Å². The number of nitrogens with one attached hydrogen (secondary N) is 3. The van der Waals surface area contributed by atoms with Gasteiger partial charge >= 0.3 is 0 Å². The van der Waals surface area contributed by atoms with Crippen LogP contribution in [0.2, 0.25) is 10.0 Å². The van der Waals surface area contributed by atoms with Crippen molar-refractivity contribution in [3.63, 3.8) is 0 Å². The summed E-state index contributed by atoms with van der Waals surface area (Å²) in [4.78, 5) is 47.1. The van der Waals surface area contributed by atoms with Crippen molar-refractivity contribution >= 4 is 52.0 Å². The monoisotopic (exact) mass is 515 g/mol. The number of halogens is 2. The number of hydrogen-bond donors (Lipinski definition) is 3. The summed E-state index contributed by atoms with van der Waals surface area (Å²) < 4.78 is 0. The average Bonchev–Trinajstić information content (AvgIpc) is 3.48. The number of likely N-dealkylation sites (tertiary alicyclic amines) is 1. The first-order valence-electron chi connectivity index (χ1n) is 11.5. The van der Waals surface area contributed by atoms with Crippen LogP contribution in [-0.2, 0) is 4.79 Å². The Kier molecular flexibility index (Phi) is 7.62. The second-order valence-corrected chi connectivity index (χ2v) is 9.52. The highest BCUT2D eigenvalue weighted by molar-refractivity contribution is 6.34. The normalized spacial score (nSPS) is 16.3. The van der Waals surface area contributed by atoms with Crippen LogP contribution in [0.4, 0.5) is 0 Å². The summed E-state index contributed by atoms with van der Waals surface area (Å²) >= 11 is 12.5. The Morgan fingerprint density at radius 3 is 2.74 bits per heavy atom. The van der Waals surface area contributed by atoms with Crippen molar-refractivity contribution in [3.8, 4) is 0 Å². The lowest BCUT2D eigenvalue weighted by molar-refractivity contribution is -0.120. The van der Waals surface area contributed by atoms with Gasteiger partial charge in [-0.05, 0) is 62.6 Å². The van der Waals surface area contributed by atoms with Crippen LogP contribution in [0, 0.1) is 0 Å². The lowest BCUT2D eigenvalue weighted by atomic mass is 10.1. The number of aromatic nitrogens is 2. The van der Waals surface area contributed by atoms with E-state index in [1.165, 1.54) is 6.07 Å². The Balaban J connectivity index is 1.43. The zero-order valence-electron chi connectivity index (χ0n) is 19.5. The summed E-state index contributed by atoms with van der Waals surface area (Å²) in [6, 6.07) is 9.65. The van der Waals surface area contributed by atoms with Crippen LogP contribution >= 0.6 is 23.2 Å². The van der Waals surface area contributed by atoms with Crippen LogP contribution in [0.15, 0.2) is 36.4 Å². The van der Waals surface area contributed by atoms with E-state index >= 15 is 0 Å². The van der Waals surface area contributed by atoms with E-state index in [0.717, 1.165) is 23.9 Å². The van der Waals surface area contributed by atoms with Gasteiger partial charge in [0.15, 0.2) is 0 Å². The number of fused-ring (bicyclic) bond motifs is 1. The second-order valence-electron chi connectivity index (χ2n) is 8.68. The third kappa shape index (κ3) is 5.60. The largest absolute Gasteiger partial charge is 0.359 e. The molecule has 4 rings (SSSR count). The Hall–Kier alpha value is -3.10. The molecule has 3 amide bonds. The van der Waals surface area contributed by atoms with Crippen LogP contribution in [0.3, 0.4) is 0 Å². The van der Waals surface area contributed by atoms with Crippen LogP contribution in [-0.4, -0.2) is 52.2 Å². The van der Waals surface area contributed by atoms with E-state index in [9.17, 15) is 14.4 Å². The minimum absolute atomic E-state index is 0.00150. The SMILES string of the molecule is CNC(=O)CC[C@H]1CCCN1C(=O)c1ccc(C(=O)N[C@@H](C)c2nc3cc(Cl)ccc3[nH]2)cc1Cl. The highest BCUT2D eigenvalue weighted by atomic mass is 35.5. The maximum absolute atomic E-state index is 13.2. The molecule has 1 aliphatic heterocycles. The van der Waals surface area contributed by atoms with E-state index < -0.39 is 0 Å². The van der Waals surface area contributed by atoms with Gasteiger partial charge in [0.05, 0.1) is 27.7 Å². The van der Waals surface area contributed by atoms with Gasteiger partial charge in [-0.2, -0.15) is 0 Å². The van der Waals surface area contributed by atoms with E-state index in [0.29, 0.717) is 41.4 Å². The first-order valence-corrected chi connectivity index (χ1v) is 12.3. The van der Waals surface area contributed by atoms with Crippen LogP contribution in [0.5, 0.6) is 0 Å². The number of hydrogen-bond acceptors (Lipinski definition) is 4. The zero-order chi connectivity index (χ0) is 25.1. The minimum Gasteiger partial charge on any atom is -0.359 e. The third-order valence-electron chi connectivity index (χ3n) is 6.30. The molecule has 0 spiro atoms. The Labute approximate surface area is 213 Å².